The highest BCUT2D eigenvalue weighted by molar-refractivity contribution is 7.16. The third-order valence-corrected chi connectivity index (χ3v) is 5.10. The van der Waals surface area contributed by atoms with Crippen LogP contribution in [0.15, 0.2) is 83.7 Å². The zero-order valence-corrected chi connectivity index (χ0v) is 15.7. The molecule has 0 bridgehead atoms. The Hall–Kier alpha value is -3.38. The summed E-state index contributed by atoms with van der Waals surface area (Å²) in [6.45, 7) is 0.00466. The molecule has 1 heterocycles. The van der Waals surface area contributed by atoms with E-state index in [4.69, 9.17) is 9.47 Å². The maximum atomic E-state index is 12.2. The molecule has 140 valence electrons. The quantitative estimate of drug-likeness (QED) is 0.451. The van der Waals surface area contributed by atoms with Crippen LogP contribution in [0.4, 0.5) is 0 Å². The summed E-state index contributed by atoms with van der Waals surface area (Å²) in [4.78, 5) is 24.2. The standard InChI is InChI=1S/C22H17NO4S/c24-21(14-23-19-11-4-5-12-20(19)28-22(23)25)26-15-16-7-6-10-18(13-16)27-17-8-2-1-3-9-17/h1-13H,14-15H2. The number of nitrogens with zero attached hydrogens (tertiary/aromatic N) is 1. The second-order valence-corrected chi connectivity index (χ2v) is 7.14. The van der Waals surface area contributed by atoms with Crippen molar-refractivity contribution >= 4 is 27.5 Å². The topological polar surface area (TPSA) is 57.5 Å². The third kappa shape index (κ3) is 4.13. The lowest BCUT2D eigenvalue weighted by atomic mass is 10.2. The van der Waals surface area contributed by atoms with Gasteiger partial charge < -0.3 is 9.47 Å². The van der Waals surface area contributed by atoms with Gasteiger partial charge in [-0.25, -0.2) is 0 Å². The molecule has 0 aliphatic heterocycles. The van der Waals surface area contributed by atoms with E-state index in [9.17, 15) is 9.59 Å². The highest BCUT2D eigenvalue weighted by Crippen LogP contribution is 2.22. The molecule has 0 aliphatic carbocycles. The molecule has 0 aliphatic rings. The van der Waals surface area contributed by atoms with Crippen molar-refractivity contribution in [1.29, 1.82) is 0 Å². The minimum Gasteiger partial charge on any atom is -0.459 e. The van der Waals surface area contributed by atoms with E-state index in [-0.39, 0.29) is 18.0 Å². The number of para-hydroxylation sites is 2. The molecular formula is C22H17NO4S. The monoisotopic (exact) mass is 391 g/mol. The van der Waals surface area contributed by atoms with Gasteiger partial charge in [-0.1, -0.05) is 53.8 Å². The second-order valence-electron chi connectivity index (χ2n) is 6.15. The van der Waals surface area contributed by atoms with Gasteiger partial charge in [-0.15, -0.1) is 0 Å². The number of hydrogen-bond acceptors (Lipinski definition) is 5. The lowest BCUT2D eigenvalue weighted by molar-refractivity contribution is -0.145. The SMILES string of the molecule is O=C(Cn1c(=O)sc2ccccc21)OCc1cccc(Oc2ccccc2)c1. The van der Waals surface area contributed by atoms with E-state index in [1.54, 1.807) is 0 Å². The summed E-state index contributed by atoms with van der Waals surface area (Å²) in [6.07, 6.45) is 0. The van der Waals surface area contributed by atoms with Gasteiger partial charge in [0.2, 0.25) is 0 Å². The minimum atomic E-state index is -0.458. The highest BCUT2D eigenvalue weighted by atomic mass is 32.1. The van der Waals surface area contributed by atoms with Crippen LogP contribution in [0.2, 0.25) is 0 Å². The molecule has 1 aromatic heterocycles. The van der Waals surface area contributed by atoms with Crippen molar-refractivity contribution < 1.29 is 14.3 Å². The number of aromatic nitrogens is 1. The largest absolute Gasteiger partial charge is 0.459 e. The Labute approximate surface area is 165 Å². The van der Waals surface area contributed by atoms with E-state index in [1.165, 1.54) is 4.57 Å². The average Bonchev–Trinajstić information content (AvgIpc) is 3.03. The molecule has 0 radical (unpaired) electrons. The Morgan fingerprint density at radius 1 is 0.893 bits per heavy atom. The summed E-state index contributed by atoms with van der Waals surface area (Å²) in [5.74, 6) is 0.945. The van der Waals surface area contributed by atoms with Crippen LogP contribution >= 0.6 is 11.3 Å². The number of rotatable bonds is 6. The number of thiazole rings is 1. The summed E-state index contributed by atoms with van der Waals surface area (Å²) in [5, 5.41) is 0. The molecular weight excluding hydrogens is 374 g/mol. The Bertz CT molecular complexity index is 1160. The highest BCUT2D eigenvalue weighted by Gasteiger charge is 2.12. The Morgan fingerprint density at radius 2 is 1.64 bits per heavy atom. The molecule has 0 saturated heterocycles. The van der Waals surface area contributed by atoms with Crippen LogP contribution in [-0.2, 0) is 22.7 Å². The number of hydrogen-bond donors (Lipinski definition) is 0. The van der Waals surface area contributed by atoms with Gasteiger partial charge in [0.15, 0.2) is 0 Å². The summed E-state index contributed by atoms with van der Waals surface area (Å²) in [6, 6.07) is 24.2. The van der Waals surface area contributed by atoms with E-state index >= 15 is 0 Å². The lowest BCUT2D eigenvalue weighted by Crippen LogP contribution is -2.20. The fourth-order valence-corrected chi connectivity index (χ4v) is 3.72. The summed E-state index contributed by atoms with van der Waals surface area (Å²) < 4.78 is 13.4. The molecule has 0 saturated carbocycles. The van der Waals surface area contributed by atoms with Crippen molar-refractivity contribution in [2.24, 2.45) is 0 Å². The zero-order chi connectivity index (χ0) is 19.3. The van der Waals surface area contributed by atoms with Crippen LogP contribution in [0.3, 0.4) is 0 Å². The minimum absolute atomic E-state index is 0.108. The van der Waals surface area contributed by atoms with Gasteiger partial charge in [-0.2, -0.15) is 0 Å². The van der Waals surface area contributed by atoms with E-state index < -0.39 is 5.97 Å². The molecule has 4 rings (SSSR count). The molecule has 3 aromatic carbocycles. The van der Waals surface area contributed by atoms with Gasteiger partial charge in [0.05, 0.1) is 10.2 Å². The van der Waals surface area contributed by atoms with Crippen molar-refractivity contribution in [3.8, 4) is 11.5 Å². The number of carbonyl (C=O) groups is 1. The molecule has 0 fully saturated rings. The van der Waals surface area contributed by atoms with Crippen molar-refractivity contribution in [2.45, 2.75) is 13.2 Å². The summed E-state index contributed by atoms with van der Waals surface area (Å²) in [7, 11) is 0. The fourth-order valence-electron chi connectivity index (χ4n) is 2.83. The van der Waals surface area contributed by atoms with Gasteiger partial charge >= 0.3 is 10.8 Å². The first kappa shape index (κ1) is 18.0. The smallest absolute Gasteiger partial charge is 0.326 e. The maximum absolute atomic E-state index is 12.2. The molecule has 0 unspecified atom stereocenters. The average molecular weight is 391 g/mol. The number of esters is 1. The third-order valence-electron chi connectivity index (χ3n) is 4.14. The molecule has 6 heteroatoms. The Balaban J connectivity index is 1.40. The van der Waals surface area contributed by atoms with Crippen LogP contribution < -0.4 is 9.61 Å². The zero-order valence-electron chi connectivity index (χ0n) is 14.9. The lowest BCUT2D eigenvalue weighted by Gasteiger charge is -2.09. The summed E-state index contributed by atoms with van der Waals surface area (Å²) in [5.41, 5.74) is 1.55. The van der Waals surface area contributed by atoms with Gasteiger partial charge in [0.1, 0.15) is 24.7 Å². The van der Waals surface area contributed by atoms with Crippen LogP contribution in [0.25, 0.3) is 10.2 Å². The number of benzene rings is 3. The molecule has 5 nitrogen and oxygen atoms in total. The fraction of sp³-hybridized carbons (Fsp3) is 0.0909. The van der Waals surface area contributed by atoms with Crippen LogP contribution in [0, 0.1) is 0 Å². The first-order valence-electron chi connectivity index (χ1n) is 8.75. The van der Waals surface area contributed by atoms with Gasteiger partial charge in [-0.05, 0) is 42.0 Å². The first-order chi connectivity index (χ1) is 13.7. The van der Waals surface area contributed by atoms with Gasteiger partial charge in [-0.3, -0.25) is 14.2 Å². The molecule has 0 spiro atoms. The Kier molecular flexibility index (Phi) is 5.21. The van der Waals surface area contributed by atoms with Crippen molar-refractivity contribution in [1.82, 2.24) is 4.57 Å². The predicted octanol–water partition coefficient (Wildman–Crippen LogP) is 4.60. The van der Waals surface area contributed by atoms with Crippen molar-refractivity contribution in [3.05, 3.63) is 94.1 Å². The van der Waals surface area contributed by atoms with Crippen molar-refractivity contribution in [2.75, 3.05) is 0 Å². The number of fused-ring (bicyclic) bond motifs is 1. The van der Waals surface area contributed by atoms with Gasteiger partial charge in [0.25, 0.3) is 0 Å². The molecule has 0 atom stereocenters. The number of carbonyl (C=O) groups excluding carboxylic acids is 1. The maximum Gasteiger partial charge on any atom is 0.326 e. The van der Waals surface area contributed by atoms with Gasteiger partial charge in [0, 0.05) is 0 Å². The van der Waals surface area contributed by atoms with Crippen LogP contribution in [0.1, 0.15) is 5.56 Å². The molecule has 28 heavy (non-hydrogen) atoms. The summed E-state index contributed by atoms with van der Waals surface area (Å²) >= 11 is 1.12. The van der Waals surface area contributed by atoms with E-state index in [2.05, 4.69) is 0 Å². The second kappa shape index (κ2) is 8.10. The molecule has 0 N–H and O–H groups in total. The van der Waals surface area contributed by atoms with E-state index in [0.717, 1.165) is 32.9 Å². The van der Waals surface area contributed by atoms with E-state index in [0.29, 0.717) is 5.75 Å². The first-order valence-corrected chi connectivity index (χ1v) is 9.56. The predicted molar refractivity (Wildman–Crippen MR) is 109 cm³/mol. The normalized spacial score (nSPS) is 10.7. The molecule has 4 aromatic rings. The molecule has 0 amide bonds. The Morgan fingerprint density at radius 3 is 2.50 bits per heavy atom. The number of ether oxygens (including phenoxy) is 2. The van der Waals surface area contributed by atoms with Crippen LogP contribution in [-0.4, -0.2) is 10.5 Å². The van der Waals surface area contributed by atoms with Crippen LogP contribution in [0.5, 0.6) is 11.5 Å². The van der Waals surface area contributed by atoms with E-state index in [1.807, 2.05) is 78.9 Å². The van der Waals surface area contributed by atoms with Crippen molar-refractivity contribution in [3.63, 3.8) is 0 Å².